The Kier molecular flexibility index (Phi) is 4.86. The van der Waals surface area contributed by atoms with Crippen LogP contribution in [0, 0.1) is 6.92 Å². The van der Waals surface area contributed by atoms with Crippen LogP contribution in [0.3, 0.4) is 0 Å². The molecule has 1 aliphatic carbocycles. The fourth-order valence-electron chi connectivity index (χ4n) is 2.77. The SMILES string of the molecule is Cc1ccc(C(C)C)cc1S(=O)(=O)NC1CCCCC1. The minimum Gasteiger partial charge on any atom is -0.208 e. The first-order valence-corrected chi connectivity index (χ1v) is 9.01. The topological polar surface area (TPSA) is 46.2 Å². The van der Waals surface area contributed by atoms with E-state index in [9.17, 15) is 8.42 Å². The van der Waals surface area contributed by atoms with Crippen molar-refractivity contribution in [2.45, 2.75) is 69.7 Å². The van der Waals surface area contributed by atoms with Gasteiger partial charge in [-0.2, -0.15) is 0 Å². The lowest BCUT2D eigenvalue weighted by molar-refractivity contribution is 0.412. The Morgan fingerprint density at radius 1 is 1.15 bits per heavy atom. The van der Waals surface area contributed by atoms with E-state index < -0.39 is 10.0 Å². The fourth-order valence-corrected chi connectivity index (χ4v) is 4.35. The largest absolute Gasteiger partial charge is 0.241 e. The van der Waals surface area contributed by atoms with Gasteiger partial charge in [-0.05, 0) is 42.9 Å². The highest BCUT2D eigenvalue weighted by Crippen LogP contribution is 2.24. The van der Waals surface area contributed by atoms with Crippen molar-refractivity contribution in [2.24, 2.45) is 0 Å². The summed E-state index contributed by atoms with van der Waals surface area (Å²) < 4.78 is 28.1. The molecule has 0 heterocycles. The van der Waals surface area contributed by atoms with Gasteiger partial charge in [-0.15, -0.1) is 0 Å². The van der Waals surface area contributed by atoms with Gasteiger partial charge >= 0.3 is 0 Å². The van der Waals surface area contributed by atoms with Crippen molar-refractivity contribution in [3.05, 3.63) is 29.3 Å². The molecule has 0 unspecified atom stereocenters. The van der Waals surface area contributed by atoms with Crippen LogP contribution in [-0.2, 0) is 10.0 Å². The Balaban J connectivity index is 2.26. The van der Waals surface area contributed by atoms with Crippen molar-refractivity contribution in [1.29, 1.82) is 0 Å². The highest BCUT2D eigenvalue weighted by molar-refractivity contribution is 7.89. The van der Waals surface area contributed by atoms with Crippen LogP contribution in [-0.4, -0.2) is 14.5 Å². The number of rotatable bonds is 4. The third-order valence-electron chi connectivity index (χ3n) is 4.10. The molecule has 0 spiro atoms. The molecule has 1 aromatic carbocycles. The zero-order chi connectivity index (χ0) is 14.8. The molecule has 1 N–H and O–H groups in total. The van der Waals surface area contributed by atoms with Crippen molar-refractivity contribution < 1.29 is 8.42 Å². The average Bonchev–Trinajstić information content (AvgIpc) is 2.39. The number of aryl methyl sites for hydroxylation is 1. The number of nitrogens with one attached hydrogen (secondary N) is 1. The molecule has 1 fully saturated rings. The van der Waals surface area contributed by atoms with Crippen LogP contribution in [0.2, 0.25) is 0 Å². The first-order chi connectivity index (χ1) is 9.40. The maximum atomic E-state index is 12.6. The smallest absolute Gasteiger partial charge is 0.208 e. The normalized spacial score (nSPS) is 17.6. The summed E-state index contributed by atoms with van der Waals surface area (Å²) in [4.78, 5) is 0.439. The zero-order valence-electron chi connectivity index (χ0n) is 12.6. The molecule has 0 bridgehead atoms. The van der Waals surface area contributed by atoms with Gasteiger partial charge in [-0.3, -0.25) is 0 Å². The average molecular weight is 295 g/mol. The third-order valence-corrected chi connectivity index (χ3v) is 5.76. The molecule has 4 heteroatoms. The molecular formula is C16H25NO2S. The maximum Gasteiger partial charge on any atom is 0.241 e. The monoisotopic (exact) mass is 295 g/mol. The van der Waals surface area contributed by atoms with Crippen molar-refractivity contribution in [2.75, 3.05) is 0 Å². The van der Waals surface area contributed by atoms with E-state index in [-0.39, 0.29) is 6.04 Å². The lowest BCUT2D eigenvalue weighted by atomic mass is 9.96. The van der Waals surface area contributed by atoms with E-state index in [0.717, 1.165) is 36.8 Å². The van der Waals surface area contributed by atoms with E-state index in [1.54, 1.807) is 0 Å². The molecule has 0 aliphatic heterocycles. The van der Waals surface area contributed by atoms with E-state index >= 15 is 0 Å². The molecule has 1 aliphatic rings. The summed E-state index contributed by atoms with van der Waals surface area (Å²) in [5.41, 5.74) is 1.89. The molecule has 20 heavy (non-hydrogen) atoms. The lowest BCUT2D eigenvalue weighted by Gasteiger charge is -2.23. The lowest BCUT2D eigenvalue weighted by Crippen LogP contribution is -2.36. The molecule has 2 rings (SSSR count). The van der Waals surface area contributed by atoms with Gasteiger partial charge < -0.3 is 0 Å². The van der Waals surface area contributed by atoms with E-state index in [1.807, 2.05) is 25.1 Å². The summed E-state index contributed by atoms with van der Waals surface area (Å²) in [5, 5.41) is 0. The summed E-state index contributed by atoms with van der Waals surface area (Å²) in [6, 6.07) is 5.85. The maximum absolute atomic E-state index is 12.6. The van der Waals surface area contributed by atoms with Gasteiger partial charge in [0.25, 0.3) is 0 Å². The van der Waals surface area contributed by atoms with Gasteiger partial charge in [0.05, 0.1) is 4.90 Å². The number of hydrogen-bond donors (Lipinski definition) is 1. The van der Waals surface area contributed by atoms with Crippen LogP contribution in [0.5, 0.6) is 0 Å². The van der Waals surface area contributed by atoms with Crippen LogP contribution in [0.4, 0.5) is 0 Å². The number of sulfonamides is 1. The second-order valence-electron chi connectivity index (χ2n) is 6.14. The van der Waals surface area contributed by atoms with Crippen molar-refractivity contribution in [1.82, 2.24) is 4.72 Å². The Morgan fingerprint density at radius 2 is 1.80 bits per heavy atom. The van der Waals surface area contributed by atoms with Gasteiger partial charge in [0.15, 0.2) is 0 Å². The van der Waals surface area contributed by atoms with Crippen LogP contribution >= 0.6 is 0 Å². The van der Waals surface area contributed by atoms with Crippen LogP contribution < -0.4 is 4.72 Å². The summed E-state index contributed by atoms with van der Waals surface area (Å²) in [6.07, 6.45) is 5.39. The highest BCUT2D eigenvalue weighted by Gasteiger charge is 2.23. The van der Waals surface area contributed by atoms with E-state index in [1.165, 1.54) is 6.42 Å². The van der Waals surface area contributed by atoms with Gasteiger partial charge in [0.2, 0.25) is 10.0 Å². The van der Waals surface area contributed by atoms with Crippen molar-refractivity contribution in [3.63, 3.8) is 0 Å². The second kappa shape index (κ2) is 6.27. The molecule has 0 radical (unpaired) electrons. The number of benzene rings is 1. The molecular weight excluding hydrogens is 270 g/mol. The van der Waals surface area contributed by atoms with Crippen LogP contribution in [0.1, 0.15) is 63.0 Å². The van der Waals surface area contributed by atoms with E-state index in [2.05, 4.69) is 18.6 Å². The number of hydrogen-bond acceptors (Lipinski definition) is 2. The summed E-state index contributed by atoms with van der Waals surface area (Å²) >= 11 is 0. The molecule has 112 valence electrons. The molecule has 3 nitrogen and oxygen atoms in total. The summed E-state index contributed by atoms with van der Waals surface area (Å²) in [7, 11) is -3.40. The van der Waals surface area contributed by atoms with E-state index in [4.69, 9.17) is 0 Å². The van der Waals surface area contributed by atoms with Crippen LogP contribution in [0.15, 0.2) is 23.1 Å². The zero-order valence-corrected chi connectivity index (χ0v) is 13.5. The summed E-state index contributed by atoms with van der Waals surface area (Å²) in [6.45, 7) is 6.02. The van der Waals surface area contributed by atoms with E-state index in [0.29, 0.717) is 10.8 Å². The first kappa shape index (κ1) is 15.5. The Hall–Kier alpha value is -0.870. The third kappa shape index (κ3) is 3.61. The molecule has 1 saturated carbocycles. The molecule has 0 atom stereocenters. The second-order valence-corrected chi connectivity index (χ2v) is 7.82. The van der Waals surface area contributed by atoms with Crippen molar-refractivity contribution >= 4 is 10.0 Å². The summed E-state index contributed by atoms with van der Waals surface area (Å²) in [5.74, 6) is 0.333. The molecule has 0 saturated heterocycles. The van der Waals surface area contributed by atoms with Crippen LogP contribution in [0.25, 0.3) is 0 Å². The minimum atomic E-state index is -3.40. The predicted octanol–water partition coefficient (Wildman–Crippen LogP) is 3.73. The highest BCUT2D eigenvalue weighted by atomic mass is 32.2. The first-order valence-electron chi connectivity index (χ1n) is 7.53. The fraction of sp³-hybridized carbons (Fsp3) is 0.625. The molecule has 1 aromatic rings. The quantitative estimate of drug-likeness (QED) is 0.920. The van der Waals surface area contributed by atoms with Gasteiger partial charge in [-0.25, -0.2) is 13.1 Å². The predicted molar refractivity (Wildman–Crippen MR) is 82.5 cm³/mol. The van der Waals surface area contributed by atoms with Gasteiger partial charge in [-0.1, -0.05) is 45.2 Å². The Bertz CT molecular complexity index is 558. The minimum absolute atomic E-state index is 0.107. The molecule has 0 aromatic heterocycles. The standard InChI is InChI=1S/C16H25NO2S/c1-12(2)14-10-9-13(3)16(11-14)20(18,19)17-15-7-5-4-6-8-15/h9-12,15,17H,4-8H2,1-3H3. The van der Waals surface area contributed by atoms with Gasteiger partial charge in [0, 0.05) is 6.04 Å². The van der Waals surface area contributed by atoms with Gasteiger partial charge in [0.1, 0.15) is 0 Å². The Labute approximate surface area is 122 Å². The van der Waals surface area contributed by atoms with Crippen molar-refractivity contribution in [3.8, 4) is 0 Å². The Morgan fingerprint density at radius 3 is 2.40 bits per heavy atom. The molecule has 0 amide bonds.